The van der Waals surface area contributed by atoms with Gasteiger partial charge in [0.15, 0.2) is 17.3 Å². The van der Waals surface area contributed by atoms with Crippen molar-refractivity contribution in [1.29, 1.82) is 0 Å². The van der Waals surface area contributed by atoms with Gasteiger partial charge in [0.05, 0.1) is 21.1 Å². The first kappa shape index (κ1) is 7.49. The summed E-state index contributed by atoms with van der Waals surface area (Å²) in [7, 11) is 2.46. The van der Waals surface area contributed by atoms with E-state index in [1.54, 1.807) is 0 Å². The topological polar surface area (TPSA) is 38.8 Å². The average Bonchev–Trinajstić information content (AvgIpc) is 3.09. The van der Waals surface area contributed by atoms with E-state index in [0.29, 0.717) is 0 Å². The highest BCUT2D eigenvalue weighted by atomic mass is 16.5. The Morgan fingerprint density at radius 2 is 1.82 bits per heavy atom. The van der Waals surface area contributed by atoms with Crippen LogP contribution in [0.2, 0.25) is 0 Å². The Morgan fingerprint density at radius 3 is 2.50 bits per heavy atom. The fourth-order valence-corrected chi connectivity index (χ4v) is 2.86. The number of ether oxygens (including phenoxy) is 2. The number of likely N-dealkylation sites (tertiary alicyclic amines) is 1. The number of carbonyl (C=O) groups excluding carboxylic acids is 1. The highest BCUT2D eigenvalue weighted by molar-refractivity contribution is 6.02. The van der Waals surface area contributed by atoms with Gasteiger partial charge in [0.2, 0.25) is 0 Å². The molecule has 2 aromatic carbocycles. The lowest BCUT2D eigenvalue weighted by atomic mass is 9.85. The van der Waals surface area contributed by atoms with Gasteiger partial charge in [-0.15, -0.1) is 0 Å². The quantitative estimate of drug-likeness (QED) is 0.727. The smallest absolute Gasteiger partial charge is 0.166 e. The standard InChI is InChI=1S/C24H29NO3/c1-27-22-14-19-13-20(24(26)21(19)15-23(22)28-2)12-17-8-10-25(11-9-17)16-18-6-4-3-5-7-18/h3-7,14-15,17,20H,8-13,16H2,1-2H3/i3D,4D,5D,6D,7D,8D2,9D2,10D2,11D2,13D2,17D,20D. The van der Waals surface area contributed by atoms with Gasteiger partial charge in [0.25, 0.3) is 0 Å². The number of nitrogens with zero attached hydrogens (tertiary/aromatic N) is 1. The summed E-state index contributed by atoms with van der Waals surface area (Å²) < 4.78 is 156. The minimum Gasteiger partial charge on any atom is -0.493 e. The molecule has 1 heterocycles. The lowest BCUT2D eigenvalue weighted by molar-refractivity contribution is 0.0895. The Kier molecular flexibility index (Phi) is 2.24. The molecule has 0 saturated carbocycles. The van der Waals surface area contributed by atoms with E-state index in [1.165, 1.54) is 14.2 Å². The second-order valence-corrected chi connectivity index (χ2v) is 6.00. The molecule has 2 aliphatic rings. The number of rotatable bonds is 6. The number of Topliss-reactive ketones (excluding diaryl/α,β-unsaturated/α-hetero) is 1. The third kappa shape index (κ3) is 3.93. The van der Waals surface area contributed by atoms with Crippen LogP contribution in [-0.2, 0) is 12.9 Å². The molecule has 4 nitrogen and oxygen atoms in total. The van der Waals surface area contributed by atoms with Gasteiger partial charge in [0.1, 0.15) is 0 Å². The van der Waals surface area contributed by atoms with Crippen LogP contribution in [0.1, 0.15) is 64.0 Å². The molecule has 1 aliphatic carbocycles. The van der Waals surface area contributed by atoms with Crippen LogP contribution in [0.4, 0.5) is 0 Å². The third-order valence-electron chi connectivity index (χ3n) is 4.23. The first-order chi connectivity index (χ1) is 20.3. The molecule has 1 fully saturated rings. The van der Waals surface area contributed by atoms with Crippen molar-refractivity contribution in [3.05, 3.63) is 59.0 Å². The summed E-state index contributed by atoms with van der Waals surface area (Å²) in [4.78, 5) is 13.7. The number of methoxy groups -OCH3 is 2. The second-order valence-electron chi connectivity index (χ2n) is 6.00. The lowest BCUT2D eigenvalue weighted by Crippen LogP contribution is -2.34. The van der Waals surface area contributed by atoms with Gasteiger partial charge in [-0.05, 0) is 67.7 Å². The normalized spacial score (nSPS) is 41.8. The number of hydrogen-bond donors (Lipinski definition) is 0. The molecule has 0 spiro atoms. The molecule has 2 aromatic rings. The molecule has 0 bridgehead atoms. The molecule has 1 aliphatic heterocycles. The van der Waals surface area contributed by atoms with Gasteiger partial charge in [0, 0.05) is 34.5 Å². The van der Waals surface area contributed by atoms with E-state index < -0.39 is 110 Å². The third-order valence-corrected chi connectivity index (χ3v) is 4.23. The van der Waals surface area contributed by atoms with Crippen LogP contribution in [0.25, 0.3) is 0 Å². The fraction of sp³-hybridized carbons (Fsp3) is 0.458. The molecular formula is C24H29NO3. The summed E-state index contributed by atoms with van der Waals surface area (Å²) >= 11 is 0. The Labute approximate surface area is 191 Å². The first-order valence-corrected chi connectivity index (χ1v) is 8.41. The maximum atomic E-state index is 13.7. The number of carbonyl (C=O) groups is 1. The molecule has 1 saturated heterocycles. The molecule has 0 radical (unpaired) electrons. The van der Waals surface area contributed by atoms with Crippen molar-refractivity contribution < 1.29 is 37.6 Å². The molecule has 4 rings (SSSR count). The Bertz CT molecular complexity index is 1540. The predicted octanol–water partition coefficient (Wildman–Crippen LogP) is 4.36. The zero-order valence-corrected chi connectivity index (χ0v) is 15.2. The van der Waals surface area contributed by atoms with Crippen molar-refractivity contribution in [3.8, 4) is 11.5 Å². The van der Waals surface area contributed by atoms with Gasteiger partial charge in [-0.2, -0.15) is 0 Å². The molecule has 0 aromatic heterocycles. The molecular weight excluding hydrogens is 350 g/mol. The van der Waals surface area contributed by atoms with Crippen molar-refractivity contribution in [2.75, 3.05) is 27.2 Å². The molecule has 0 N–H and O–H groups in total. The highest BCUT2D eigenvalue weighted by Crippen LogP contribution is 2.39. The summed E-state index contributed by atoms with van der Waals surface area (Å²) in [5.74, 6) is -8.20. The molecule has 1 unspecified atom stereocenters. The van der Waals surface area contributed by atoms with Crippen molar-refractivity contribution in [1.82, 2.24) is 4.90 Å². The first-order valence-electron chi connectivity index (χ1n) is 16.9. The number of ketones is 1. The molecule has 1 atom stereocenters. The number of hydrogen-bond acceptors (Lipinski definition) is 4. The lowest BCUT2D eigenvalue weighted by Gasteiger charge is -2.32. The second kappa shape index (κ2) is 8.36. The summed E-state index contributed by atoms with van der Waals surface area (Å²) in [6, 6.07) is -2.09. The van der Waals surface area contributed by atoms with E-state index in [2.05, 4.69) is 0 Å². The highest BCUT2D eigenvalue weighted by Gasteiger charge is 2.34. The van der Waals surface area contributed by atoms with E-state index in [4.69, 9.17) is 32.8 Å². The molecule has 148 valence electrons. The Hall–Kier alpha value is -2.33. The number of piperidine rings is 1. The van der Waals surface area contributed by atoms with Gasteiger partial charge in [-0.25, -0.2) is 0 Å². The fourth-order valence-electron chi connectivity index (χ4n) is 2.86. The molecule has 4 heteroatoms. The monoisotopic (exact) mass is 396 g/mol. The summed E-state index contributed by atoms with van der Waals surface area (Å²) in [6.07, 6.45) is -12.3. The van der Waals surface area contributed by atoms with Crippen LogP contribution in [0.15, 0.2) is 42.3 Å². The van der Waals surface area contributed by atoms with E-state index in [1.807, 2.05) is 0 Å². The van der Waals surface area contributed by atoms with E-state index in [-0.39, 0.29) is 16.4 Å². The maximum Gasteiger partial charge on any atom is 0.166 e. The summed E-state index contributed by atoms with van der Waals surface area (Å²) in [6.45, 7) is -8.63. The van der Waals surface area contributed by atoms with Crippen LogP contribution in [0, 0.1) is 11.8 Å². The Balaban J connectivity index is 1.90. The van der Waals surface area contributed by atoms with Gasteiger partial charge >= 0.3 is 0 Å². The van der Waals surface area contributed by atoms with Crippen LogP contribution in [0.5, 0.6) is 11.5 Å². The Morgan fingerprint density at radius 1 is 1.14 bits per heavy atom. The van der Waals surface area contributed by atoms with Crippen LogP contribution in [-0.4, -0.2) is 37.9 Å². The zero-order valence-electron chi connectivity index (χ0n) is 32.2. The summed E-state index contributed by atoms with van der Waals surface area (Å²) in [5.41, 5.74) is -1.48. The molecule has 28 heavy (non-hydrogen) atoms. The average molecular weight is 397 g/mol. The van der Waals surface area contributed by atoms with E-state index in [9.17, 15) is 4.79 Å². The van der Waals surface area contributed by atoms with E-state index >= 15 is 0 Å². The SMILES string of the molecule is [2H]c1c([2H])c([2H])c(CN2C([2H])([2H])C([2H])([2H])C([2H])(CC3([2H])C(=O)c4cc(OC)c(OC)cc4C3([2H])[2H])C([2H])([2H])C2([2H])[2H])c([2H])c1[2H]. The van der Waals surface area contributed by atoms with E-state index in [0.717, 1.165) is 12.1 Å². The molecule has 0 amide bonds. The number of benzene rings is 2. The van der Waals surface area contributed by atoms with Gasteiger partial charge in [-0.3, -0.25) is 9.69 Å². The van der Waals surface area contributed by atoms with Crippen LogP contribution < -0.4 is 9.47 Å². The minimum absolute atomic E-state index is 0.0209. The zero-order chi connectivity index (χ0) is 34.7. The van der Waals surface area contributed by atoms with Crippen molar-refractivity contribution in [3.63, 3.8) is 0 Å². The van der Waals surface area contributed by atoms with Crippen molar-refractivity contribution in [2.45, 2.75) is 32.1 Å². The summed E-state index contributed by atoms with van der Waals surface area (Å²) in [5, 5.41) is 0. The van der Waals surface area contributed by atoms with Crippen molar-refractivity contribution in [2.24, 2.45) is 11.8 Å². The van der Waals surface area contributed by atoms with Gasteiger partial charge in [-0.1, -0.05) is 30.2 Å². The predicted molar refractivity (Wildman–Crippen MR) is 110 cm³/mol. The van der Waals surface area contributed by atoms with Crippen LogP contribution >= 0.6 is 0 Å². The minimum atomic E-state index is -3.82. The van der Waals surface area contributed by atoms with Crippen LogP contribution in [0.3, 0.4) is 0 Å². The number of fused-ring (bicyclic) bond motifs is 1. The largest absolute Gasteiger partial charge is 0.493 e. The van der Waals surface area contributed by atoms with Gasteiger partial charge < -0.3 is 9.47 Å². The maximum absolute atomic E-state index is 13.7. The van der Waals surface area contributed by atoms with Crippen molar-refractivity contribution >= 4 is 5.78 Å².